The van der Waals surface area contributed by atoms with E-state index in [-0.39, 0.29) is 17.4 Å². The second-order valence-corrected chi connectivity index (χ2v) is 6.17. The van der Waals surface area contributed by atoms with Crippen LogP contribution in [0, 0.1) is 5.41 Å². The first-order chi connectivity index (χ1) is 8.51. The van der Waals surface area contributed by atoms with Crippen molar-refractivity contribution in [3.8, 4) is 0 Å². The molecule has 18 heavy (non-hydrogen) atoms. The highest BCUT2D eigenvalue weighted by Crippen LogP contribution is 2.35. The predicted molar refractivity (Wildman–Crippen MR) is 74.5 cm³/mol. The standard InChI is InChI=1S/C15H29NO2/c1-5-6-9-12(14(17)18-4)16-13-10-7-8-11-15(13,2)3/h12-13,16H,5-11H2,1-4H3. The average molecular weight is 255 g/mol. The Morgan fingerprint density at radius 2 is 2.17 bits per heavy atom. The molecule has 2 atom stereocenters. The van der Waals surface area contributed by atoms with Crippen molar-refractivity contribution >= 4 is 5.97 Å². The SMILES string of the molecule is CCCCC(NC1CCCCC1(C)C)C(=O)OC. The summed E-state index contributed by atoms with van der Waals surface area (Å²) in [6.07, 6.45) is 8.06. The van der Waals surface area contributed by atoms with Crippen LogP contribution in [-0.2, 0) is 9.53 Å². The molecule has 0 aromatic heterocycles. The number of rotatable bonds is 6. The second kappa shape index (κ2) is 7.13. The molecule has 0 radical (unpaired) electrons. The average Bonchev–Trinajstić information content (AvgIpc) is 2.35. The zero-order valence-corrected chi connectivity index (χ0v) is 12.4. The van der Waals surface area contributed by atoms with E-state index in [0.29, 0.717) is 6.04 Å². The smallest absolute Gasteiger partial charge is 0.322 e. The van der Waals surface area contributed by atoms with E-state index in [4.69, 9.17) is 4.74 Å². The summed E-state index contributed by atoms with van der Waals surface area (Å²) in [5.41, 5.74) is 0.288. The number of carbonyl (C=O) groups excluding carboxylic acids is 1. The molecule has 0 aromatic carbocycles. The van der Waals surface area contributed by atoms with E-state index in [1.165, 1.54) is 32.8 Å². The first-order valence-corrected chi connectivity index (χ1v) is 7.35. The van der Waals surface area contributed by atoms with E-state index in [1.807, 2.05) is 0 Å². The highest BCUT2D eigenvalue weighted by atomic mass is 16.5. The Hall–Kier alpha value is -0.570. The molecular weight excluding hydrogens is 226 g/mol. The molecule has 3 nitrogen and oxygen atoms in total. The summed E-state index contributed by atoms with van der Waals surface area (Å²) in [6, 6.07) is 0.310. The van der Waals surface area contributed by atoms with Crippen molar-refractivity contribution in [1.82, 2.24) is 5.32 Å². The minimum Gasteiger partial charge on any atom is -0.468 e. The lowest BCUT2D eigenvalue weighted by Gasteiger charge is -2.40. The van der Waals surface area contributed by atoms with E-state index in [2.05, 4.69) is 26.1 Å². The molecule has 0 amide bonds. The largest absolute Gasteiger partial charge is 0.468 e. The molecule has 0 spiro atoms. The van der Waals surface area contributed by atoms with Crippen molar-refractivity contribution in [2.45, 2.75) is 77.8 Å². The van der Waals surface area contributed by atoms with Gasteiger partial charge >= 0.3 is 5.97 Å². The molecule has 0 saturated heterocycles. The molecule has 0 bridgehead atoms. The van der Waals surface area contributed by atoms with Gasteiger partial charge in [-0.1, -0.05) is 46.5 Å². The topological polar surface area (TPSA) is 38.3 Å². The Morgan fingerprint density at radius 3 is 2.72 bits per heavy atom. The van der Waals surface area contributed by atoms with Crippen LogP contribution in [0.1, 0.15) is 65.7 Å². The van der Waals surface area contributed by atoms with Crippen LogP contribution in [-0.4, -0.2) is 25.2 Å². The summed E-state index contributed by atoms with van der Waals surface area (Å²) >= 11 is 0. The molecule has 106 valence electrons. The maximum absolute atomic E-state index is 11.8. The van der Waals surface area contributed by atoms with Crippen molar-refractivity contribution < 1.29 is 9.53 Å². The molecule has 1 N–H and O–H groups in total. The quantitative estimate of drug-likeness (QED) is 0.740. The normalized spacial score (nSPS) is 24.6. The van der Waals surface area contributed by atoms with Crippen LogP contribution in [0.3, 0.4) is 0 Å². The maximum Gasteiger partial charge on any atom is 0.322 e. The van der Waals surface area contributed by atoms with E-state index >= 15 is 0 Å². The van der Waals surface area contributed by atoms with Crippen molar-refractivity contribution in [1.29, 1.82) is 0 Å². The lowest BCUT2D eigenvalue weighted by atomic mass is 9.73. The summed E-state index contributed by atoms with van der Waals surface area (Å²) in [5.74, 6) is -0.107. The predicted octanol–water partition coefficient (Wildman–Crippen LogP) is 3.28. The first-order valence-electron chi connectivity index (χ1n) is 7.35. The molecule has 0 heterocycles. The van der Waals surface area contributed by atoms with Crippen molar-refractivity contribution in [3.63, 3.8) is 0 Å². The van der Waals surface area contributed by atoms with Crippen LogP contribution in [0.5, 0.6) is 0 Å². The summed E-state index contributed by atoms with van der Waals surface area (Å²) in [4.78, 5) is 11.8. The van der Waals surface area contributed by atoms with E-state index < -0.39 is 0 Å². The highest BCUT2D eigenvalue weighted by Gasteiger charge is 2.34. The van der Waals surface area contributed by atoms with Gasteiger partial charge in [-0.25, -0.2) is 0 Å². The third-order valence-electron chi connectivity index (χ3n) is 4.24. The Kier molecular flexibility index (Phi) is 6.13. The molecule has 0 aliphatic heterocycles. The van der Waals surface area contributed by atoms with Gasteiger partial charge in [0.15, 0.2) is 0 Å². The number of methoxy groups -OCH3 is 1. The molecule has 1 aliphatic carbocycles. The summed E-state index contributed by atoms with van der Waals surface area (Å²) in [7, 11) is 1.48. The molecule has 2 unspecified atom stereocenters. The fraction of sp³-hybridized carbons (Fsp3) is 0.933. The summed E-state index contributed by atoms with van der Waals surface area (Å²) < 4.78 is 4.92. The number of nitrogens with one attached hydrogen (secondary N) is 1. The van der Waals surface area contributed by atoms with Gasteiger partial charge in [-0.05, 0) is 24.7 Å². The van der Waals surface area contributed by atoms with Crippen LogP contribution in [0.25, 0.3) is 0 Å². The van der Waals surface area contributed by atoms with Gasteiger partial charge in [0, 0.05) is 6.04 Å². The minimum absolute atomic E-state index is 0.107. The van der Waals surface area contributed by atoms with Gasteiger partial charge in [0.2, 0.25) is 0 Å². The fourth-order valence-electron chi connectivity index (χ4n) is 2.87. The third-order valence-corrected chi connectivity index (χ3v) is 4.24. The minimum atomic E-state index is -0.127. The summed E-state index contributed by atoms with van der Waals surface area (Å²) in [5, 5.41) is 3.56. The Bertz CT molecular complexity index is 263. The Labute approximate surface area is 112 Å². The van der Waals surface area contributed by atoms with Gasteiger partial charge in [-0.3, -0.25) is 4.79 Å². The monoisotopic (exact) mass is 255 g/mol. The van der Waals surface area contributed by atoms with Crippen molar-refractivity contribution in [3.05, 3.63) is 0 Å². The molecule has 1 saturated carbocycles. The van der Waals surface area contributed by atoms with Crippen LogP contribution in [0.15, 0.2) is 0 Å². The Balaban J connectivity index is 2.60. The highest BCUT2D eigenvalue weighted by molar-refractivity contribution is 5.75. The molecule has 1 fully saturated rings. The van der Waals surface area contributed by atoms with E-state index in [9.17, 15) is 4.79 Å². The molecule has 3 heteroatoms. The molecule has 0 aromatic rings. The van der Waals surface area contributed by atoms with Gasteiger partial charge in [0.1, 0.15) is 6.04 Å². The lowest BCUT2D eigenvalue weighted by Crippen LogP contribution is -2.51. The zero-order valence-electron chi connectivity index (χ0n) is 12.4. The van der Waals surface area contributed by atoms with Crippen LogP contribution in [0.4, 0.5) is 0 Å². The number of ether oxygens (including phenoxy) is 1. The van der Waals surface area contributed by atoms with Gasteiger partial charge in [0.05, 0.1) is 7.11 Å². The first kappa shape index (κ1) is 15.5. The van der Waals surface area contributed by atoms with E-state index in [0.717, 1.165) is 19.3 Å². The molecule has 1 aliphatic rings. The van der Waals surface area contributed by atoms with Gasteiger partial charge in [-0.2, -0.15) is 0 Å². The number of carbonyl (C=O) groups is 1. The van der Waals surface area contributed by atoms with Gasteiger partial charge in [0.25, 0.3) is 0 Å². The van der Waals surface area contributed by atoms with Crippen molar-refractivity contribution in [2.24, 2.45) is 5.41 Å². The number of esters is 1. The maximum atomic E-state index is 11.8. The Morgan fingerprint density at radius 1 is 1.44 bits per heavy atom. The van der Waals surface area contributed by atoms with Crippen LogP contribution >= 0.6 is 0 Å². The molecular formula is C15H29NO2. The summed E-state index contributed by atoms with van der Waals surface area (Å²) in [6.45, 7) is 6.76. The number of hydrogen-bond donors (Lipinski definition) is 1. The van der Waals surface area contributed by atoms with Gasteiger partial charge < -0.3 is 10.1 Å². The van der Waals surface area contributed by atoms with Gasteiger partial charge in [-0.15, -0.1) is 0 Å². The number of unbranched alkanes of at least 4 members (excludes halogenated alkanes) is 1. The van der Waals surface area contributed by atoms with Crippen LogP contribution in [0.2, 0.25) is 0 Å². The lowest BCUT2D eigenvalue weighted by molar-refractivity contribution is -0.144. The van der Waals surface area contributed by atoms with Crippen LogP contribution < -0.4 is 5.32 Å². The second-order valence-electron chi connectivity index (χ2n) is 6.17. The fourth-order valence-corrected chi connectivity index (χ4v) is 2.87. The number of hydrogen-bond acceptors (Lipinski definition) is 3. The third kappa shape index (κ3) is 4.27. The zero-order chi connectivity index (χ0) is 13.6. The molecule has 1 rings (SSSR count). The van der Waals surface area contributed by atoms with Crippen molar-refractivity contribution in [2.75, 3.05) is 7.11 Å². The van der Waals surface area contributed by atoms with E-state index in [1.54, 1.807) is 0 Å².